The van der Waals surface area contributed by atoms with Gasteiger partial charge in [0.05, 0.1) is 4.88 Å². The molecule has 0 aliphatic heterocycles. The van der Waals surface area contributed by atoms with Crippen LogP contribution in [-0.4, -0.2) is 11.3 Å². The summed E-state index contributed by atoms with van der Waals surface area (Å²) in [5.41, 5.74) is 0. The van der Waals surface area contributed by atoms with E-state index in [-0.39, 0.29) is 12.4 Å². The Hall–Kier alpha value is -1.82. The summed E-state index contributed by atoms with van der Waals surface area (Å²) >= 11 is 1.19. The number of benzene rings is 1. The van der Waals surface area contributed by atoms with Gasteiger partial charge in [0.2, 0.25) is 0 Å². The largest absolute Gasteiger partial charge is 0.486 e. The van der Waals surface area contributed by atoms with Crippen LogP contribution >= 0.6 is 11.3 Å². The summed E-state index contributed by atoms with van der Waals surface area (Å²) in [6.45, 7) is 0.115. The molecule has 0 aliphatic rings. The number of aromatic nitrogens is 1. The number of aldehydes is 1. The minimum atomic E-state index is -0.963. The van der Waals surface area contributed by atoms with Crippen LogP contribution in [0.4, 0.5) is 8.78 Å². The maximum atomic E-state index is 12.8. The molecule has 0 amide bonds. The zero-order valence-corrected chi connectivity index (χ0v) is 9.34. The number of halogens is 2. The van der Waals surface area contributed by atoms with Crippen LogP contribution in [0.15, 0.2) is 24.4 Å². The summed E-state index contributed by atoms with van der Waals surface area (Å²) in [7, 11) is 0. The summed E-state index contributed by atoms with van der Waals surface area (Å²) in [5, 5.41) is 0.594. The highest BCUT2D eigenvalue weighted by molar-refractivity contribution is 7.13. The molecule has 0 unspecified atom stereocenters. The van der Waals surface area contributed by atoms with Gasteiger partial charge in [0, 0.05) is 12.3 Å². The van der Waals surface area contributed by atoms with Crippen molar-refractivity contribution in [3.63, 3.8) is 0 Å². The van der Waals surface area contributed by atoms with Crippen LogP contribution in [0.2, 0.25) is 0 Å². The normalized spacial score (nSPS) is 10.2. The van der Waals surface area contributed by atoms with E-state index >= 15 is 0 Å². The number of hydrogen-bond acceptors (Lipinski definition) is 4. The standard InChI is InChI=1S/C11H7F2NO2S/c12-9-2-1-7(3-10(9)13)16-6-11-14-4-8(5-15)17-11/h1-5H,6H2. The van der Waals surface area contributed by atoms with E-state index in [0.717, 1.165) is 12.1 Å². The highest BCUT2D eigenvalue weighted by atomic mass is 32.1. The van der Waals surface area contributed by atoms with E-state index in [9.17, 15) is 13.6 Å². The number of carbonyl (C=O) groups excluding carboxylic acids is 1. The summed E-state index contributed by atoms with van der Waals surface area (Å²) in [4.78, 5) is 14.8. The fourth-order valence-electron chi connectivity index (χ4n) is 1.16. The molecule has 0 saturated heterocycles. The zero-order valence-electron chi connectivity index (χ0n) is 8.52. The van der Waals surface area contributed by atoms with Crippen molar-refractivity contribution in [2.24, 2.45) is 0 Å². The van der Waals surface area contributed by atoms with Gasteiger partial charge in [-0.15, -0.1) is 11.3 Å². The number of ether oxygens (including phenoxy) is 1. The van der Waals surface area contributed by atoms with Crippen molar-refractivity contribution in [1.29, 1.82) is 0 Å². The van der Waals surface area contributed by atoms with Gasteiger partial charge in [-0.05, 0) is 12.1 Å². The van der Waals surface area contributed by atoms with Crippen LogP contribution in [-0.2, 0) is 6.61 Å². The third-order valence-corrected chi connectivity index (χ3v) is 2.84. The second kappa shape index (κ2) is 5.01. The number of thiazole rings is 1. The monoisotopic (exact) mass is 255 g/mol. The van der Waals surface area contributed by atoms with Gasteiger partial charge in [-0.25, -0.2) is 13.8 Å². The van der Waals surface area contributed by atoms with Crippen molar-refractivity contribution >= 4 is 17.6 Å². The SMILES string of the molecule is O=Cc1cnc(COc2ccc(F)c(F)c2)s1. The number of rotatable bonds is 4. The highest BCUT2D eigenvalue weighted by Gasteiger charge is 2.05. The minimum absolute atomic E-state index is 0.115. The molecular weight excluding hydrogens is 248 g/mol. The van der Waals surface area contributed by atoms with Gasteiger partial charge in [0.1, 0.15) is 17.4 Å². The van der Waals surface area contributed by atoms with Gasteiger partial charge in [-0.1, -0.05) is 0 Å². The molecule has 0 atom stereocenters. The predicted octanol–water partition coefficient (Wildman–Crippen LogP) is 2.81. The Labute approximate surface area is 99.7 Å². The number of hydrogen-bond donors (Lipinski definition) is 0. The third kappa shape index (κ3) is 2.85. The molecule has 0 radical (unpaired) electrons. The fourth-order valence-corrected chi connectivity index (χ4v) is 1.81. The molecule has 2 rings (SSSR count). The molecule has 0 saturated carbocycles. The van der Waals surface area contributed by atoms with E-state index in [4.69, 9.17) is 4.74 Å². The maximum Gasteiger partial charge on any atom is 0.162 e. The van der Waals surface area contributed by atoms with Crippen LogP contribution in [0.5, 0.6) is 5.75 Å². The van der Waals surface area contributed by atoms with E-state index in [1.165, 1.54) is 23.6 Å². The van der Waals surface area contributed by atoms with Crippen molar-refractivity contribution in [3.8, 4) is 5.75 Å². The first-order valence-corrected chi connectivity index (χ1v) is 5.48. The second-order valence-electron chi connectivity index (χ2n) is 3.14. The summed E-state index contributed by atoms with van der Waals surface area (Å²) in [6, 6.07) is 3.28. The Kier molecular flexibility index (Phi) is 3.43. The molecule has 3 nitrogen and oxygen atoms in total. The summed E-state index contributed by atoms with van der Waals surface area (Å²) in [6.07, 6.45) is 2.13. The first kappa shape index (κ1) is 11.7. The lowest BCUT2D eigenvalue weighted by Crippen LogP contribution is -1.95. The molecule has 2 aromatic rings. The van der Waals surface area contributed by atoms with E-state index in [0.29, 0.717) is 16.2 Å². The number of carbonyl (C=O) groups is 1. The molecular formula is C11H7F2NO2S. The number of nitrogens with zero attached hydrogens (tertiary/aromatic N) is 1. The maximum absolute atomic E-state index is 12.8. The Balaban J connectivity index is 2.01. The highest BCUT2D eigenvalue weighted by Crippen LogP contribution is 2.18. The van der Waals surface area contributed by atoms with Crippen molar-refractivity contribution in [3.05, 3.63) is 45.9 Å². The lowest BCUT2D eigenvalue weighted by Gasteiger charge is -2.03. The minimum Gasteiger partial charge on any atom is -0.486 e. The molecule has 0 spiro atoms. The summed E-state index contributed by atoms with van der Waals surface area (Å²) in [5.74, 6) is -1.67. The van der Waals surface area contributed by atoms with Gasteiger partial charge in [-0.2, -0.15) is 0 Å². The first-order valence-electron chi connectivity index (χ1n) is 4.67. The predicted molar refractivity (Wildman–Crippen MR) is 58.2 cm³/mol. The molecule has 0 aliphatic carbocycles. The van der Waals surface area contributed by atoms with Gasteiger partial charge in [-0.3, -0.25) is 4.79 Å². The Bertz CT molecular complexity index is 542. The average molecular weight is 255 g/mol. The summed E-state index contributed by atoms with van der Waals surface area (Å²) < 4.78 is 30.7. The van der Waals surface area contributed by atoms with Crippen molar-refractivity contribution in [1.82, 2.24) is 4.98 Å². The lowest BCUT2D eigenvalue weighted by atomic mass is 10.3. The van der Waals surface area contributed by atoms with Crippen molar-refractivity contribution in [2.45, 2.75) is 6.61 Å². The van der Waals surface area contributed by atoms with Crippen molar-refractivity contribution in [2.75, 3.05) is 0 Å². The molecule has 6 heteroatoms. The molecule has 1 aromatic heterocycles. The molecule has 0 fully saturated rings. The van der Waals surface area contributed by atoms with E-state index in [1.54, 1.807) is 0 Å². The molecule has 0 N–H and O–H groups in total. The lowest BCUT2D eigenvalue weighted by molar-refractivity contribution is 0.112. The van der Waals surface area contributed by atoms with Crippen LogP contribution in [0.1, 0.15) is 14.7 Å². The van der Waals surface area contributed by atoms with E-state index in [2.05, 4.69) is 4.98 Å². The zero-order chi connectivity index (χ0) is 12.3. The van der Waals surface area contributed by atoms with Crippen LogP contribution < -0.4 is 4.74 Å². The Morgan fingerprint density at radius 2 is 2.18 bits per heavy atom. The van der Waals surface area contributed by atoms with E-state index < -0.39 is 11.6 Å². The quantitative estimate of drug-likeness (QED) is 0.788. The fraction of sp³-hybridized carbons (Fsp3) is 0.0909. The van der Waals surface area contributed by atoms with E-state index in [1.807, 2.05) is 0 Å². The molecule has 17 heavy (non-hydrogen) atoms. The van der Waals surface area contributed by atoms with Crippen molar-refractivity contribution < 1.29 is 18.3 Å². The average Bonchev–Trinajstić information content (AvgIpc) is 2.79. The van der Waals surface area contributed by atoms with Gasteiger partial charge < -0.3 is 4.74 Å². The second-order valence-corrected chi connectivity index (χ2v) is 4.29. The van der Waals surface area contributed by atoms with Gasteiger partial charge in [0.25, 0.3) is 0 Å². The Morgan fingerprint density at radius 1 is 1.35 bits per heavy atom. The molecule has 88 valence electrons. The molecule has 0 bridgehead atoms. The third-order valence-electron chi connectivity index (χ3n) is 1.94. The van der Waals surface area contributed by atoms with Gasteiger partial charge >= 0.3 is 0 Å². The van der Waals surface area contributed by atoms with Gasteiger partial charge in [0.15, 0.2) is 17.9 Å². The smallest absolute Gasteiger partial charge is 0.162 e. The topological polar surface area (TPSA) is 39.2 Å². The van der Waals surface area contributed by atoms with Crippen LogP contribution in [0.25, 0.3) is 0 Å². The molecule has 1 heterocycles. The first-order chi connectivity index (χ1) is 8.19. The molecule has 1 aromatic carbocycles. The van der Waals surface area contributed by atoms with Crippen LogP contribution in [0, 0.1) is 11.6 Å². The van der Waals surface area contributed by atoms with Crippen LogP contribution in [0.3, 0.4) is 0 Å². The Morgan fingerprint density at radius 3 is 2.82 bits per heavy atom.